The molecule has 2 aromatic rings. The van der Waals surface area contributed by atoms with Crippen LogP contribution in [-0.4, -0.2) is 26.7 Å². The van der Waals surface area contributed by atoms with Crippen LogP contribution in [0.25, 0.3) is 0 Å². The topological polar surface area (TPSA) is 44.7 Å². The number of hydrazone groups is 1. The first-order chi connectivity index (χ1) is 12.1. The van der Waals surface area contributed by atoms with Gasteiger partial charge in [-0.15, -0.1) is 11.6 Å². The predicted octanol–water partition coefficient (Wildman–Crippen LogP) is 4.86. The van der Waals surface area contributed by atoms with E-state index >= 15 is 0 Å². The van der Waals surface area contributed by atoms with Gasteiger partial charge in [-0.3, -0.25) is 0 Å². The van der Waals surface area contributed by atoms with Gasteiger partial charge in [0.25, 0.3) is 0 Å². The zero-order valence-corrected chi connectivity index (χ0v) is 17.7. The Morgan fingerprint density at radius 1 is 1.08 bits per heavy atom. The van der Waals surface area contributed by atoms with Crippen LogP contribution >= 0.6 is 34.7 Å². The van der Waals surface area contributed by atoms with Gasteiger partial charge < -0.3 is 0 Å². The molecule has 8 heteroatoms. The van der Waals surface area contributed by atoms with Crippen LogP contribution in [0.5, 0.6) is 0 Å². The van der Waals surface area contributed by atoms with Crippen LogP contribution in [-0.2, 0) is 0 Å². The number of amidine groups is 1. The third-order valence-corrected chi connectivity index (χ3v) is 5.07. The molecule has 0 radical (unpaired) electrons. The molecule has 0 aliphatic carbocycles. The summed E-state index contributed by atoms with van der Waals surface area (Å²) in [5.74, 6) is 0. The van der Waals surface area contributed by atoms with E-state index < -0.39 is 0 Å². The maximum Gasteiger partial charge on any atom is 0.409 e. The fraction of sp³-hybridized carbons (Fsp3) is 0.412. The standard InChI is InChI=1S/C14H14N5S2.C2H6.CH3Cl/c1-8-4-6-11(7-5-8)12-18-13(20-9(2)16-18)15-14-19(12)17-10(3)21-14;2*1-2/h4-7,12H,1-3H3;1-2H3;1H3/q+1;;. The maximum atomic E-state index is 4.68. The van der Waals surface area contributed by atoms with Gasteiger partial charge in [0.05, 0.1) is 0 Å². The number of halogens is 1. The predicted molar refractivity (Wildman–Crippen MR) is 109 cm³/mol. The van der Waals surface area contributed by atoms with Gasteiger partial charge in [0.15, 0.2) is 0 Å². The van der Waals surface area contributed by atoms with Crippen molar-refractivity contribution < 1.29 is 4.68 Å². The molecule has 1 aromatic heterocycles. The van der Waals surface area contributed by atoms with E-state index in [1.54, 1.807) is 23.1 Å². The van der Waals surface area contributed by atoms with E-state index in [2.05, 4.69) is 58.0 Å². The molecule has 1 atom stereocenters. The first-order valence-electron chi connectivity index (χ1n) is 8.06. The Kier molecular flexibility index (Phi) is 6.98. The van der Waals surface area contributed by atoms with Crippen molar-refractivity contribution in [1.82, 2.24) is 10.1 Å². The third-order valence-electron chi connectivity index (χ3n) is 3.40. The van der Waals surface area contributed by atoms with Crippen molar-refractivity contribution in [2.24, 2.45) is 10.1 Å². The van der Waals surface area contributed by atoms with Crippen LogP contribution < -0.4 is 4.68 Å². The Bertz CT molecular complexity index is 783. The summed E-state index contributed by atoms with van der Waals surface area (Å²) in [5.41, 5.74) is 2.42. The average Bonchev–Trinajstić information content (AvgIpc) is 3.17. The molecule has 25 heavy (non-hydrogen) atoms. The van der Waals surface area contributed by atoms with Gasteiger partial charge in [-0.2, -0.15) is 10.1 Å². The molecular formula is C17H23ClN5S2+. The lowest BCUT2D eigenvalue weighted by Gasteiger charge is -2.22. The van der Waals surface area contributed by atoms with Crippen LogP contribution in [0.2, 0.25) is 0 Å². The Morgan fingerprint density at radius 3 is 2.36 bits per heavy atom. The van der Waals surface area contributed by atoms with E-state index in [4.69, 9.17) is 0 Å². The minimum absolute atomic E-state index is 0.0528. The van der Waals surface area contributed by atoms with E-state index in [9.17, 15) is 0 Å². The quantitative estimate of drug-likeness (QED) is 0.510. The second-order valence-corrected chi connectivity index (χ2v) is 7.41. The van der Waals surface area contributed by atoms with Gasteiger partial charge in [0.1, 0.15) is 10.1 Å². The Hall–Kier alpha value is -1.44. The van der Waals surface area contributed by atoms with Gasteiger partial charge in [-0.05, 0) is 43.9 Å². The number of aliphatic imine (C=N–C) groups is 1. The van der Waals surface area contributed by atoms with Crippen molar-refractivity contribution in [3.8, 4) is 0 Å². The summed E-state index contributed by atoms with van der Waals surface area (Å²) < 4.78 is 1.97. The minimum Gasteiger partial charge on any atom is -0.170 e. The van der Waals surface area contributed by atoms with E-state index in [-0.39, 0.29) is 6.17 Å². The van der Waals surface area contributed by atoms with Crippen LogP contribution in [0, 0.1) is 13.8 Å². The Balaban J connectivity index is 0.000000528. The Morgan fingerprint density at radius 2 is 1.72 bits per heavy atom. The summed E-state index contributed by atoms with van der Waals surface area (Å²) in [6.45, 7) is 10.1. The zero-order chi connectivity index (χ0) is 18.6. The lowest BCUT2D eigenvalue weighted by molar-refractivity contribution is -0.770. The number of hydrogen-bond acceptors (Lipinski definition) is 6. The van der Waals surface area contributed by atoms with Crippen LogP contribution in [0.4, 0.5) is 5.13 Å². The number of hydrogen-bond donors (Lipinski definition) is 0. The first-order valence-corrected chi connectivity index (χ1v) is 10.5. The average molecular weight is 397 g/mol. The van der Waals surface area contributed by atoms with Crippen molar-refractivity contribution in [2.75, 3.05) is 6.38 Å². The highest BCUT2D eigenvalue weighted by Gasteiger charge is 2.44. The van der Waals surface area contributed by atoms with Gasteiger partial charge in [0.2, 0.25) is 6.17 Å². The van der Waals surface area contributed by atoms with Crippen molar-refractivity contribution in [2.45, 2.75) is 40.8 Å². The highest BCUT2D eigenvalue weighted by molar-refractivity contribution is 8.26. The van der Waals surface area contributed by atoms with Gasteiger partial charge in [-0.1, -0.05) is 53.5 Å². The summed E-state index contributed by atoms with van der Waals surface area (Å²) in [5, 5.41) is 15.1. The lowest BCUT2D eigenvalue weighted by atomic mass is 10.1. The number of rotatable bonds is 1. The Labute approximate surface area is 162 Å². The largest absolute Gasteiger partial charge is 0.409 e. The number of aromatic nitrogens is 2. The molecular weight excluding hydrogens is 374 g/mol. The van der Waals surface area contributed by atoms with E-state index in [0.717, 1.165) is 20.4 Å². The number of fused-ring (bicyclic) bond motifs is 2. The summed E-state index contributed by atoms with van der Waals surface area (Å²) >= 11 is 7.87. The van der Waals surface area contributed by atoms with Crippen molar-refractivity contribution in [1.29, 1.82) is 0 Å². The number of benzene rings is 1. The molecule has 2 aliphatic rings. The van der Waals surface area contributed by atoms with Crippen LogP contribution in [0.3, 0.4) is 0 Å². The molecule has 134 valence electrons. The molecule has 0 amide bonds. The van der Waals surface area contributed by atoms with E-state index in [1.807, 2.05) is 37.4 Å². The monoisotopic (exact) mass is 396 g/mol. The smallest absolute Gasteiger partial charge is 0.170 e. The molecule has 2 aliphatic heterocycles. The number of nitrogens with zero attached hydrogens (tertiary/aromatic N) is 5. The molecule has 0 saturated carbocycles. The maximum absolute atomic E-state index is 4.68. The second kappa shape index (κ2) is 8.78. The summed E-state index contributed by atoms with van der Waals surface area (Å²) in [6, 6.07) is 8.53. The summed E-state index contributed by atoms with van der Waals surface area (Å²) in [6.07, 6.45) is 1.42. The molecule has 0 N–H and O–H groups in total. The van der Waals surface area contributed by atoms with Gasteiger partial charge in [0, 0.05) is 16.9 Å². The molecule has 1 unspecified atom stereocenters. The second-order valence-electron chi connectivity index (χ2n) is 5.09. The molecule has 0 bridgehead atoms. The molecule has 1 aromatic carbocycles. The fourth-order valence-electron chi connectivity index (χ4n) is 2.46. The van der Waals surface area contributed by atoms with E-state index in [0.29, 0.717) is 0 Å². The summed E-state index contributed by atoms with van der Waals surface area (Å²) in [7, 11) is 0. The number of alkyl halides is 1. The SMILES string of the molecule is CC.CC1=NN2C(=Nc3sc(C)n[n+]3C2c2ccc(C)cc2)S1.CCl. The molecule has 5 nitrogen and oxygen atoms in total. The number of thioether (sulfide) groups is 1. The first kappa shape index (κ1) is 19.9. The fourth-order valence-corrected chi connectivity index (χ4v) is 4.04. The molecule has 3 heterocycles. The summed E-state index contributed by atoms with van der Waals surface area (Å²) in [4.78, 5) is 4.68. The van der Waals surface area contributed by atoms with Gasteiger partial charge in [-0.25, -0.2) is 0 Å². The third kappa shape index (κ3) is 4.04. The minimum atomic E-state index is -0.0528. The van der Waals surface area contributed by atoms with Crippen molar-refractivity contribution >= 4 is 50.0 Å². The van der Waals surface area contributed by atoms with Crippen molar-refractivity contribution in [3.05, 3.63) is 40.4 Å². The molecule has 0 saturated heterocycles. The van der Waals surface area contributed by atoms with Gasteiger partial charge >= 0.3 is 10.3 Å². The normalized spacial score (nSPS) is 17.2. The van der Waals surface area contributed by atoms with Crippen LogP contribution in [0.15, 0.2) is 34.4 Å². The highest BCUT2D eigenvalue weighted by atomic mass is 35.5. The zero-order valence-electron chi connectivity index (χ0n) is 15.3. The van der Waals surface area contributed by atoms with E-state index in [1.165, 1.54) is 17.5 Å². The number of aryl methyl sites for hydroxylation is 2. The van der Waals surface area contributed by atoms with Crippen LogP contribution in [0.1, 0.15) is 43.1 Å². The highest BCUT2D eigenvalue weighted by Crippen LogP contribution is 2.36. The molecule has 0 fully saturated rings. The van der Waals surface area contributed by atoms with Crippen molar-refractivity contribution in [3.63, 3.8) is 0 Å². The lowest BCUT2D eigenvalue weighted by Crippen LogP contribution is -2.52. The molecule has 0 spiro atoms. The molecule has 4 rings (SSSR count).